The second-order valence-electron chi connectivity index (χ2n) is 5.25. The molecule has 5 nitrogen and oxygen atoms in total. The van der Waals surface area contributed by atoms with Crippen molar-refractivity contribution in [2.45, 2.75) is 6.18 Å². The van der Waals surface area contributed by atoms with Crippen molar-refractivity contribution in [3.63, 3.8) is 0 Å². The van der Waals surface area contributed by atoms with Crippen molar-refractivity contribution < 1.29 is 23.1 Å². The van der Waals surface area contributed by atoms with Crippen molar-refractivity contribution in [2.24, 2.45) is 11.8 Å². The van der Waals surface area contributed by atoms with Crippen LogP contribution in [-0.4, -0.2) is 48.4 Å². The van der Waals surface area contributed by atoms with Crippen molar-refractivity contribution in [3.8, 4) is 0 Å². The molecule has 122 valence electrons. The van der Waals surface area contributed by atoms with Gasteiger partial charge >= 0.3 is 12.1 Å². The zero-order valence-electron chi connectivity index (χ0n) is 11.5. The first-order chi connectivity index (χ1) is 10.3. The summed E-state index contributed by atoms with van der Waals surface area (Å²) in [7, 11) is 0. The molecule has 3 heterocycles. The van der Waals surface area contributed by atoms with E-state index < -0.39 is 12.1 Å². The van der Waals surface area contributed by atoms with Gasteiger partial charge in [0.2, 0.25) is 0 Å². The number of nitrogens with zero attached hydrogens (tertiary/aromatic N) is 2. The number of carboxylic acid groups (broad SMARTS) is 1. The quantitative estimate of drug-likeness (QED) is 0.779. The van der Waals surface area contributed by atoms with E-state index in [1.807, 2.05) is 12.4 Å². The number of nitrogens with one attached hydrogen (secondary N) is 1. The van der Waals surface area contributed by atoms with Gasteiger partial charge in [-0.05, 0) is 33.8 Å². The van der Waals surface area contributed by atoms with E-state index >= 15 is 0 Å². The topological polar surface area (TPSA) is 65.5 Å². The number of aliphatic carboxylic acids is 1. The molecule has 2 aliphatic heterocycles. The van der Waals surface area contributed by atoms with Gasteiger partial charge in [0.15, 0.2) is 0 Å². The Morgan fingerprint density at radius 1 is 1.32 bits per heavy atom. The molecule has 0 radical (unpaired) electrons. The summed E-state index contributed by atoms with van der Waals surface area (Å²) in [6.07, 6.45) is -1.29. The number of carboxylic acids is 1. The molecule has 2 aliphatic rings. The highest BCUT2D eigenvalue weighted by Gasteiger charge is 2.38. The molecule has 2 N–H and O–H groups in total. The fourth-order valence-electron chi connectivity index (χ4n) is 2.64. The average Bonchev–Trinajstić information content (AvgIpc) is 2.98. The highest BCUT2D eigenvalue weighted by Crippen LogP contribution is 2.30. The lowest BCUT2D eigenvalue weighted by Gasteiger charge is -2.19. The summed E-state index contributed by atoms with van der Waals surface area (Å²) < 4.78 is 32.8. The van der Waals surface area contributed by atoms with Crippen LogP contribution >= 0.6 is 15.9 Å². The van der Waals surface area contributed by atoms with E-state index in [9.17, 15) is 13.2 Å². The molecule has 1 aromatic heterocycles. The summed E-state index contributed by atoms with van der Waals surface area (Å²) in [5.41, 5.74) is 1.25. The van der Waals surface area contributed by atoms with E-state index in [1.54, 1.807) is 0 Å². The third-order valence-corrected chi connectivity index (χ3v) is 4.12. The van der Waals surface area contributed by atoms with Crippen molar-refractivity contribution in [1.82, 2.24) is 10.3 Å². The molecular formula is C13H15BrF3N3O2. The maximum atomic E-state index is 10.6. The van der Waals surface area contributed by atoms with Crippen LogP contribution in [0.1, 0.15) is 0 Å². The second kappa shape index (κ2) is 6.82. The minimum atomic E-state index is -5.08. The van der Waals surface area contributed by atoms with Crippen molar-refractivity contribution in [3.05, 3.63) is 22.9 Å². The number of pyridine rings is 1. The number of carbonyl (C=O) groups is 1. The molecule has 9 heteroatoms. The molecule has 0 unspecified atom stereocenters. The normalized spacial score (nSPS) is 23.7. The van der Waals surface area contributed by atoms with E-state index in [0.717, 1.165) is 16.3 Å². The number of rotatable bonds is 1. The zero-order chi connectivity index (χ0) is 16.3. The molecule has 2 fully saturated rings. The lowest BCUT2D eigenvalue weighted by atomic mass is 10.0. The van der Waals surface area contributed by atoms with Gasteiger partial charge in [-0.15, -0.1) is 0 Å². The van der Waals surface area contributed by atoms with Crippen LogP contribution in [0.2, 0.25) is 0 Å². The molecule has 3 rings (SSSR count). The van der Waals surface area contributed by atoms with Crippen LogP contribution in [0.4, 0.5) is 18.9 Å². The number of hydrogen-bond acceptors (Lipinski definition) is 4. The van der Waals surface area contributed by atoms with E-state index in [4.69, 9.17) is 9.90 Å². The summed E-state index contributed by atoms with van der Waals surface area (Å²) in [6.45, 7) is 4.72. The molecule has 0 aromatic carbocycles. The van der Waals surface area contributed by atoms with E-state index in [0.29, 0.717) is 0 Å². The Hall–Kier alpha value is -1.35. The first kappa shape index (κ1) is 17.0. The fourth-order valence-corrected chi connectivity index (χ4v) is 2.99. The second-order valence-corrected chi connectivity index (χ2v) is 6.16. The summed E-state index contributed by atoms with van der Waals surface area (Å²) in [5, 5.41) is 10.6. The van der Waals surface area contributed by atoms with E-state index in [-0.39, 0.29) is 0 Å². The number of anilines is 1. The Bertz CT molecular complexity index is 530. The SMILES string of the molecule is Brc1cncc(N2C[C@H]3CNC[C@H]3C2)c1.O=C(O)C(F)(F)F. The highest BCUT2D eigenvalue weighted by molar-refractivity contribution is 9.10. The Kier molecular flexibility index (Phi) is 5.28. The number of alkyl halides is 3. The van der Waals surface area contributed by atoms with Crippen molar-refractivity contribution in [1.29, 1.82) is 0 Å². The predicted octanol–water partition coefficient (Wildman–Crippen LogP) is 2.13. The minimum Gasteiger partial charge on any atom is -0.475 e. The molecular weight excluding hydrogens is 367 g/mol. The largest absolute Gasteiger partial charge is 0.490 e. The number of fused-ring (bicyclic) bond motifs is 1. The molecule has 2 saturated heterocycles. The maximum absolute atomic E-state index is 10.6. The maximum Gasteiger partial charge on any atom is 0.490 e. The molecule has 22 heavy (non-hydrogen) atoms. The van der Waals surface area contributed by atoms with Crippen LogP contribution in [-0.2, 0) is 4.79 Å². The molecule has 0 amide bonds. The third-order valence-electron chi connectivity index (χ3n) is 3.69. The molecule has 1 aromatic rings. The van der Waals surface area contributed by atoms with Gasteiger partial charge in [0.1, 0.15) is 0 Å². The molecule has 2 atom stereocenters. The summed E-state index contributed by atoms with van der Waals surface area (Å²) in [6, 6.07) is 2.15. The van der Waals surface area contributed by atoms with Gasteiger partial charge in [-0.25, -0.2) is 4.79 Å². The predicted molar refractivity (Wildman–Crippen MR) is 77.7 cm³/mol. The van der Waals surface area contributed by atoms with E-state index in [1.165, 1.54) is 31.9 Å². The van der Waals surface area contributed by atoms with Crippen molar-refractivity contribution >= 4 is 27.6 Å². The Morgan fingerprint density at radius 2 is 1.86 bits per heavy atom. The Balaban J connectivity index is 0.000000217. The monoisotopic (exact) mass is 381 g/mol. The van der Waals surface area contributed by atoms with Crippen molar-refractivity contribution in [2.75, 3.05) is 31.1 Å². The number of halogens is 4. The molecule has 0 aliphatic carbocycles. The molecule has 0 saturated carbocycles. The zero-order valence-corrected chi connectivity index (χ0v) is 13.1. The van der Waals surface area contributed by atoms with Crippen LogP contribution in [0.25, 0.3) is 0 Å². The van der Waals surface area contributed by atoms with Gasteiger partial charge in [-0.2, -0.15) is 13.2 Å². The first-order valence-corrected chi connectivity index (χ1v) is 7.43. The Labute approximate surface area is 133 Å². The van der Waals surface area contributed by atoms with Crippen LogP contribution in [0.15, 0.2) is 22.9 Å². The number of aromatic nitrogens is 1. The Morgan fingerprint density at radius 3 is 2.32 bits per heavy atom. The third kappa shape index (κ3) is 4.33. The number of hydrogen-bond donors (Lipinski definition) is 2. The molecule has 0 spiro atoms. The van der Waals surface area contributed by atoms with Gasteiger partial charge in [0.25, 0.3) is 0 Å². The summed E-state index contributed by atoms with van der Waals surface area (Å²) in [4.78, 5) is 15.6. The summed E-state index contributed by atoms with van der Waals surface area (Å²) in [5.74, 6) is -1.08. The van der Waals surface area contributed by atoms with Gasteiger partial charge in [0, 0.05) is 36.8 Å². The van der Waals surface area contributed by atoms with Crippen LogP contribution in [0, 0.1) is 11.8 Å². The smallest absolute Gasteiger partial charge is 0.475 e. The fraction of sp³-hybridized carbons (Fsp3) is 0.538. The standard InChI is InChI=1S/C11H14BrN3.C2HF3O2/c12-10-1-11(5-14-4-10)15-6-8-2-13-3-9(8)7-15;3-2(4,5)1(6)7/h1,4-5,8-9,13H,2-3,6-7H2;(H,6,7)/t8-,9+;. The van der Waals surface area contributed by atoms with Gasteiger partial charge in [0.05, 0.1) is 11.9 Å². The first-order valence-electron chi connectivity index (χ1n) is 6.63. The average molecular weight is 382 g/mol. The van der Waals surface area contributed by atoms with Crippen LogP contribution < -0.4 is 10.2 Å². The van der Waals surface area contributed by atoms with E-state index in [2.05, 4.69) is 37.2 Å². The van der Waals surface area contributed by atoms with Gasteiger partial charge < -0.3 is 15.3 Å². The molecule has 0 bridgehead atoms. The highest BCUT2D eigenvalue weighted by atomic mass is 79.9. The van der Waals surface area contributed by atoms with Crippen LogP contribution in [0.5, 0.6) is 0 Å². The van der Waals surface area contributed by atoms with Crippen LogP contribution in [0.3, 0.4) is 0 Å². The van der Waals surface area contributed by atoms with Gasteiger partial charge in [-0.3, -0.25) is 4.98 Å². The van der Waals surface area contributed by atoms with Gasteiger partial charge in [-0.1, -0.05) is 0 Å². The lowest BCUT2D eigenvalue weighted by Crippen LogP contribution is -2.25. The minimum absolute atomic E-state index is 0.837. The summed E-state index contributed by atoms with van der Waals surface area (Å²) >= 11 is 3.47. The lowest BCUT2D eigenvalue weighted by molar-refractivity contribution is -0.192.